The van der Waals surface area contributed by atoms with E-state index in [0.717, 1.165) is 17.4 Å². The number of hydrogen-bond donors (Lipinski definition) is 1. The smallest absolute Gasteiger partial charge is 0.407 e. The summed E-state index contributed by atoms with van der Waals surface area (Å²) in [5.41, 5.74) is -0.606. The largest absolute Gasteiger partial charge is 0.447 e. The van der Waals surface area contributed by atoms with Gasteiger partial charge >= 0.3 is 6.09 Å². The maximum Gasteiger partial charge on any atom is 0.407 e. The number of amides is 2. The van der Waals surface area contributed by atoms with Crippen molar-refractivity contribution in [2.75, 3.05) is 19.7 Å². The van der Waals surface area contributed by atoms with E-state index in [1.165, 1.54) is 4.90 Å². The van der Waals surface area contributed by atoms with Crippen LogP contribution in [-0.4, -0.2) is 42.1 Å². The lowest BCUT2D eigenvalue weighted by molar-refractivity contribution is 0.0785. The van der Waals surface area contributed by atoms with Gasteiger partial charge in [0.05, 0.1) is 20.3 Å². The standard InChI is InChI=1S/C15H10Cl2F2N2O3S/c16-6-3-7(18)10(19)11-8(6)9(17)12(25-11)13(22)21-2-1-15(4-21)5-24-14(23)20-15/h3H,1-2,4-5H2,(H,20,23). The zero-order valence-electron chi connectivity index (χ0n) is 12.5. The molecular formula is C15H10Cl2F2N2O3S. The van der Waals surface area contributed by atoms with E-state index in [9.17, 15) is 18.4 Å². The molecule has 2 saturated heterocycles. The number of thiophene rings is 1. The SMILES string of the molecule is O=C1NC2(CCN(C(=O)c3sc4c(F)c(F)cc(Cl)c4c3Cl)C2)CO1. The third-order valence-corrected chi connectivity index (χ3v) is 6.39. The normalized spacial score (nSPS) is 22.7. The van der Waals surface area contributed by atoms with E-state index in [0.29, 0.717) is 13.0 Å². The summed E-state index contributed by atoms with van der Waals surface area (Å²) in [7, 11) is 0. The van der Waals surface area contributed by atoms with Gasteiger partial charge in [-0.15, -0.1) is 11.3 Å². The van der Waals surface area contributed by atoms with Gasteiger partial charge in [-0.1, -0.05) is 23.2 Å². The fourth-order valence-electron chi connectivity index (χ4n) is 3.17. The Labute approximate surface area is 154 Å². The first-order valence-corrected chi connectivity index (χ1v) is 8.88. The van der Waals surface area contributed by atoms with Crippen molar-refractivity contribution in [3.63, 3.8) is 0 Å². The summed E-state index contributed by atoms with van der Waals surface area (Å²) in [6.45, 7) is 0.825. The number of likely N-dealkylation sites (tertiary alicyclic amines) is 1. The molecule has 132 valence electrons. The van der Waals surface area contributed by atoms with Gasteiger partial charge in [0.25, 0.3) is 5.91 Å². The minimum absolute atomic E-state index is 0.00144. The minimum Gasteiger partial charge on any atom is -0.447 e. The first kappa shape index (κ1) is 16.8. The second-order valence-corrected chi connectivity index (χ2v) is 7.87. The van der Waals surface area contributed by atoms with Crippen LogP contribution in [0.4, 0.5) is 13.6 Å². The minimum atomic E-state index is -1.10. The molecule has 10 heteroatoms. The molecule has 2 aliphatic heterocycles. The van der Waals surface area contributed by atoms with Gasteiger partial charge in [0.15, 0.2) is 11.6 Å². The maximum atomic E-state index is 14.0. The van der Waals surface area contributed by atoms with Crippen molar-refractivity contribution in [1.82, 2.24) is 10.2 Å². The Morgan fingerprint density at radius 3 is 2.84 bits per heavy atom. The van der Waals surface area contributed by atoms with Crippen LogP contribution in [0.15, 0.2) is 6.07 Å². The number of nitrogens with one attached hydrogen (secondary N) is 1. The topological polar surface area (TPSA) is 58.6 Å². The summed E-state index contributed by atoms with van der Waals surface area (Å²) >= 11 is 13.0. The number of ether oxygens (including phenoxy) is 1. The van der Waals surface area contributed by atoms with Gasteiger partial charge in [-0.05, 0) is 12.5 Å². The Morgan fingerprint density at radius 1 is 1.40 bits per heavy atom. The van der Waals surface area contributed by atoms with Crippen LogP contribution in [-0.2, 0) is 4.74 Å². The Morgan fingerprint density at radius 2 is 2.16 bits per heavy atom. The maximum absolute atomic E-state index is 14.0. The summed E-state index contributed by atoms with van der Waals surface area (Å²) in [4.78, 5) is 25.7. The van der Waals surface area contributed by atoms with E-state index >= 15 is 0 Å². The highest BCUT2D eigenvalue weighted by Gasteiger charge is 2.47. The molecule has 1 spiro atoms. The summed E-state index contributed by atoms with van der Waals surface area (Å²) in [5.74, 6) is -2.60. The summed E-state index contributed by atoms with van der Waals surface area (Å²) < 4.78 is 32.4. The van der Waals surface area contributed by atoms with E-state index in [2.05, 4.69) is 5.32 Å². The van der Waals surface area contributed by atoms with Crippen molar-refractivity contribution >= 4 is 56.6 Å². The van der Waals surface area contributed by atoms with Crippen LogP contribution < -0.4 is 5.32 Å². The molecule has 1 atom stereocenters. The van der Waals surface area contributed by atoms with Gasteiger partial charge in [-0.25, -0.2) is 13.6 Å². The van der Waals surface area contributed by atoms with Crippen LogP contribution in [0.1, 0.15) is 16.1 Å². The van der Waals surface area contributed by atoms with Crippen LogP contribution in [0, 0.1) is 11.6 Å². The van der Waals surface area contributed by atoms with Crippen LogP contribution in [0.5, 0.6) is 0 Å². The molecule has 25 heavy (non-hydrogen) atoms. The lowest BCUT2D eigenvalue weighted by Gasteiger charge is -2.21. The van der Waals surface area contributed by atoms with E-state index in [1.807, 2.05) is 0 Å². The van der Waals surface area contributed by atoms with Gasteiger partial charge in [-0.2, -0.15) is 0 Å². The first-order chi connectivity index (χ1) is 11.8. The van der Waals surface area contributed by atoms with E-state index in [1.54, 1.807) is 0 Å². The number of carbonyl (C=O) groups excluding carboxylic acids is 2. The molecule has 5 nitrogen and oxygen atoms in total. The lowest BCUT2D eigenvalue weighted by Crippen LogP contribution is -2.46. The fourth-order valence-corrected chi connectivity index (χ4v) is 5.12. The molecule has 0 saturated carbocycles. The summed E-state index contributed by atoms with van der Waals surface area (Å²) in [6.07, 6.45) is 0.0232. The summed E-state index contributed by atoms with van der Waals surface area (Å²) in [5, 5.41) is 2.79. The molecule has 4 rings (SSSR count). The Hall–Kier alpha value is -1.64. The van der Waals surface area contributed by atoms with Crippen molar-refractivity contribution < 1.29 is 23.1 Å². The molecule has 2 aromatic rings. The first-order valence-electron chi connectivity index (χ1n) is 7.31. The average Bonchev–Trinajstić information content (AvgIpc) is 3.23. The predicted molar refractivity (Wildman–Crippen MR) is 89.5 cm³/mol. The van der Waals surface area contributed by atoms with Crippen molar-refractivity contribution in [2.45, 2.75) is 12.0 Å². The number of carbonyl (C=O) groups is 2. The molecule has 3 heterocycles. The highest BCUT2D eigenvalue weighted by atomic mass is 35.5. The Balaban J connectivity index is 1.70. The average molecular weight is 407 g/mol. The van der Waals surface area contributed by atoms with Crippen LogP contribution >= 0.6 is 34.5 Å². The van der Waals surface area contributed by atoms with Crippen molar-refractivity contribution in [1.29, 1.82) is 0 Å². The van der Waals surface area contributed by atoms with Gasteiger partial charge in [0, 0.05) is 18.5 Å². The second kappa shape index (κ2) is 5.69. The van der Waals surface area contributed by atoms with E-state index in [4.69, 9.17) is 27.9 Å². The van der Waals surface area contributed by atoms with Crippen molar-refractivity contribution in [3.05, 3.63) is 32.6 Å². The number of alkyl carbamates (subject to hydrolysis) is 1. The summed E-state index contributed by atoms with van der Waals surface area (Å²) in [6, 6.07) is 0.836. The van der Waals surface area contributed by atoms with Crippen molar-refractivity contribution in [2.24, 2.45) is 0 Å². The monoisotopic (exact) mass is 406 g/mol. The van der Waals surface area contributed by atoms with Gasteiger partial charge in [0.1, 0.15) is 11.5 Å². The molecule has 1 aromatic carbocycles. The van der Waals surface area contributed by atoms with Crippen molar-refractivity contribution in [3.8, 4) is 0 Å². The number of halogens is 4. The van der Waals surface area contributed by atoms with E-state index < -0.39 is 29.2 Å². The highest BCUT2D eigenvalue weighted by molar-refractivity contribution is 7.21. The zero-order valence-corrected chi connectivity index (χ0v) is 14.8. The molecule has 0 bridgehead atoms. The van der Waals surface area contributed by atoms with Crippen LogP contribution in [0.25, 0.3) is 10.1 Å². The highest BCUT2D eigenvalue weighted by Crippen LogP contribution is 2.42. The predicted octanol–water partition coefficient (Wildman–Crippen LogP) is 3.81. The molecule has 1 unspecified atom stereocenters. The van der Waals surface area contributed by atoms with E-state index in [-0.39, 0.29) is 38.2 Å². The number of nitrogens with zero attached hydrogens (tertiary/aromatic N) is 1. The molecule has 1 aromatic heterocycles. The number of fused-ring (bicyclic) bond motifs is 1. The zero-order chi connectivity index (χ0) is 17.9. The molecule has 1 N–H and O–H groups in total. The molecular weight excluding hydrogens is 397 g/mol. The van der Waals surface area contributed by atoms with Gasteiger partial charge < -0.3 is 15.0 Å². The number of cyclic esters (lactones) is 1. The molecule has 0 radical (unpaired) electrons. The van der Waals surface area contributed by atoms with Gasteiger partial charge in [-0.3, -0.25) is 4.79 Å². The third-order valence-electron chi connectivity index (χ3n) is 4.43. The number of hydrogen-bond acceptors (Lipinski definition) is 4. The van der Waals surface area contributed by atoms with Gasteiger partial charge in [0.2, 0.25) is 0 Å². The molecule has 2 fully saturated rings. The fraction of sp³-hybridized carbons (Fsp3) is 0.333. The molecule has 0 aliphatic carbocycles. The van der Waals surface area contributed by atoms with Crippen LogP contribution in [0.3, 0.4) is 0 Å². The third kappa shape index (κ3) is 2.54. The second-order valence-electron chi connectivity index (χ2n) is 6.06. The quantitative estimate of drug-likeness (QED) is 0.732. The molecule has 2 amide bonds. The Bertz CT molecular complexity index is 935. The lowest BCUT2D eigenvalue weighted by atomic mass is 10.0. The van der Waals surface area contributed by atoms with Crippen LogP contribution in [0.2, 0.25) is 10.0 Å². The number of rotatable bonds is 1. The molecule has 2 aliphatic rings. The number of benzene rings is 1. The Kier molecular flexibility index (Phi) is 3.82.